The predicted molar refractivity (Wildman–Crippen MR) is 97.3 cm³/mol. The van der Waals surface area contributed by atoms with Gasteiger partial charge in [0.1, 0.15) is 0 Å². The summed E-state index contributed by atoms with van der Waals surface area (Å²) in [4.78, 5) is 5.70. The zero-order valence-electron chi connectivity index (χ0n) is 14.1. The minimum absolute atomic E-state index is 0.00965. The van der Waals surface area contributed by atoms with Crippen molar-refractivity contribution >= 4 is 20.9 Å². The average Bonchev–Trinajstić information content (AvgIpc) is 3.14. The number of fused-ring (bicyclic) bond motifs is 1. The van der Waals surface area contributed by atoms with Gasteiger partial charge in [-0.3, -0.25) is 0 Å². The number of aromatic nitrogens is 1. The van der Waals surface area contributed by atoms with E-state index in [1.165, 1.54) is 12.6 Å². The standard InChI is InChI=1S/C17H26N4O2S/c1-19-24(22,23)12-13-4-5-17-16(9-13)14(10-20-17)3-2-7-21-8-6-15(18)11-21/h4-5,9-10,15,19-20H,2-3,6-8,11-12,18H2,1H3. The fraction of sp³-hybridized carbons (Fsp3) is 0.529. The third-order valence-electron chi connectivity index (χ3n) is 4.73. The smallest absolute Gasteiger partial charge is 0.215 e. The lowest BCUT2D eigenvalue weighted by Crippen LogP contribution is -2.27. The summed E-state index contributed by atoms with van der Waals surface area (Å²) in [5.74, 6) is 0.00965. The van der Waals surface area contributed by atoms with E-state index in [1.807, 2.05) is 24.4 Å². The molecule has 0 aliphatic carbocycles. The van der Waals surface area contributed by atoms with Crippen molar-refractivity contribution in [1.29, 1.82) is 0 Å². The second-order valence-corrected chi connectivity index (χ2v) is 8.54. The van der Waals surface area contributed by atoms with Gasteiger partial charge in [0, 0.05) is 29.7 Å². The van der Waals surface area contributed by atoms with E-state index in [0.717, 1.165) is 55.4 Å². The Kier molecular flexibility index (Phi) is 5.24. The van der Waals surface area contributed by atoms with Gasteiger partial charge in [0.2, 0.25) is 10.0 Å². The molecule has 1 atom stereocenters. The van der Waals surface area contributed by atoms with Crippen LogP contribution in [0.5, 0.6) is 0 Å². The first-order chi connectivity index (χ1) is 11.5. The topological polar surface area (TPSA) is 91.2 Å². The molecule has 0 amide bonds. The van der Waals surface area contributed by atoms with Gasteiger partial charge in [-0.2, -0.15) is 0 Å². The Bertz CT molecular complexity index is 800. The van der Waals surface area contributed by atoms with E-state index in [4.69, 9.17) is 5.73 Å². The van der Waals surface area contributed by atoms with Gasteiger partial charge in [-0.1, -0.05) is 6.07 Å². The van der Waals surface area contributed by atoms with Crippen LogP contribution in [0.2, 0.25) is 0 Å². The first kappa shape index (κ1) is 17.4. The molecule has 24 heavy (non-hydrogen) atoms. The maximum atomic E-state index is 11.7. The van der Waals surface area contributed by atoms with Crippen LogP contribution < -0.4 is 10.5 Å². The summed E-state index contributed by atoms with van der Waals surface area (Å²) < 4.78 is 25.8. The molecule has 1 aliphatic heterocycles. The third-order valence-corrected chi connectivity index (χ3v) is 6.06. The molecule has 1 fully saturated rings. The molecule has 6 nitrogen and oxygen atoms in total. The summed E-state index contributed by atoms with van der Waals surface area (Å²) in [6.07, 6.45) is 5.19. The highest BCUT2D eigenvalue weighted by Crippen LogP contribution is 2.22. The Morgan fingerprint density at radius 2 is 2.25 bits per heavy atom. The van der Waals surface area contributed by atoms with Crippen molar-refractivity contribution in [3.05, 3.63) is 35.5 Å². The number of sulfonamides is 1. The molecule has 0 spiro atoms. The number of nitrogens with zero attached hydrogens (tertiary/aromatic N) is 1. The molecule has 1 aliphatic rings. The summed E-state index contributed by atoms with van der Waals surface area (Å²) >= 11 is 0. The number of rotatable bonds is 7. The second kappa shape index (κ2) is 7.23. The minimum atomic E-state index is -3.25. The van der Waals surface area contributed by atoms with Gasteiger partial charge in [-0.15, -0.1) is 0 Å². The number of benzene rings is 1. The normalized spacial score (nSPS) is 19.3. The number of nitrogens with two attached hydrogens (primary N) is 1. The van der Waals surface area contributed by atoms with E-state index >= 15 is 0 Å². The number of aryl methyl sites for hydroxylation is 1. The van der Waals surface area contributed by atoms with Crippen LogP contribution in [0.4, 0.5) is 0 Å². The van der Waals surface area contributed by atoms with Crippen LogP contribution in [0, 0.1) is 0 Å². The number of likely N-dealkylation sites (tertiary alicyclic amines) is 1. The summed E-state index contributed by atoms with van der Waals surface area (Å²) in [7, 11) is -1.80. The minimum Gasteiger partial charge on any atom is -0.361 e. The highest BCUT2D eigenvalue weighted by molar-refractivity contribution is 7.88. The van der Waals surface area contributed by atoms with Gasteiger partial charge in [0.05, 0.1) is 5.75 Å². The first-order valence-electron chi connectivity index (χ1n) is 8.45. The number of H-pyrrole nitrogens is 1. The van der Waals surface area contributed by atoms with E-state index in [-0.39, 0.29) is 5.75 Å². The van der Waals surface area contributed by atoms with Crippen LogP contribution in [-0.4, -0.2) is 51.0 Å². The molecule has 1 unspecified atom stereocenters. The lowest BCUT2D eigenvalue weighted by Gasteiger charge is -2.14. The summed E-state index contributed by atoms with van der Waals surface area (Å²) in [6.45, 7) is 3.16. The Morgan fingerprint density at radius 1 is 1.42 bits per heavy atom. The van der Waals surface area contributed by atoms with Crippen molar-refractivity contribution in [1.82, 2.24) is 14.6 Å². The highest BCUT2D eigenvalue weighted by Gasteiger charge is 2.18. The fourth-order valence-electron chi connectivity index (χ4n) is 3.37. The van der Waals surface area contributed by atoms with E-state index in [0.29, 0.717) is 6.04 Å². The molecule has 7 heteroatoms. The number of aromatic amines is 1. The number of hydrogen-bond acceptors (Lipinski definition) is 4. The molecule has 1 aromatic carbocycles. The maximum Gasteiger partial charge on any atom is 0.215 e. The van der Waals surface area contributed by atoms with Gasteiger partial charge >= 0.3 is 0 Å². The maximum absolute atomic E-state index is 11.7. The molecule has 0 radical (unpaired) electrons. The Labute approximate surface area is 143 Å². The van der Waals surface area contributed by atoms with E-state index in [2.05, 4.69) is 14.6 Å². The van der Waals surface area contributed by atoms with Crippen molar-refractivity contribution in [3.8, 4) is 0 Å². The zero-order valence-corrected chi connectivity index (χ0v) is 14.9. The van der Waals surface area contributed by atoms with Gasteiger partial charge < -0.3 is 15.6 Å². The van der Waals surface area contributed by atoms with E-state index in [9.17, 15) is 8.42 Å². The lowest BCUT2D eigenvalue weighted by atomic mass is 10.1. The van der Waals surface area contributed by atoms with Crippen molar-refractivity contribution in [3.63, 3.8) is 0 Å². The molecule has 0 bridgehead atoms. The fourth-order valence-corrected chi connectivity index (χ4v) is 4.14. The van der Waals surface area contributed by atoms with Crippen molar-refractivity contribution < 1.29 is 8.42 Å². The zero-order chi connectivity index (χ0) is 17.2. The monoisotopic (exact) mass is 350 g/mol. The predicted octanol–water partition coefficient (Wildman–Crippen LogP) is 1.18. The van der Waals surface area contributed by atoms with Gasteiger partial charge in [0.15, 0.2) is 0 Å². The van der Waals surface area contributed by atoms with Crippen molar-refractivity contribution in [2.45, 2.75) is 31.1 Å². The lowest BCUT2D eigenvalue weighted by molar-refractivity contribution is 0.330. The SMILES string of the molecule is CNS(=O)(=O)Cc1ccc2[nH]cc(CCCN3CCC(N)C3)c2c1. The highest BCUT2D eigenvalue weighted by atomic mass is 32.2. The summed E-state index contributed by atoms with van der Waals surface area (Å²) in [5.41, 5.74) is 9.05. The molecule has 3 rings (SSSR count). The molecule has 4 N–H and O–H groups in total. The summed E-state index contributed by atoms with van der Waals surface area (Å²) in [6, 6.07) is 6.14. The van der Waals surface area contributed by atoms with Gasteiger partial charge in [-0.05, 0) is 62.7 Å². The van der Waals surface area contributed by atoms with Crippen molar-refractivity contribution in [2.24, 2.45) is 5.73 Å². The molecular formula is C17H26N4O2S. The van der Waals surface area contributed by atoms with E-state index < -0.39 is 10.0 Å². The number of hydrogen-bond donors (Lipinski definition) is 3. The third kappa shape index (κ3) is 4.16. The molecule has 0 saturated carbocycles. The summed E-state index contributed by atoms with van der Waals surface area (Å²) in [5, 5.41) is 1.12. The Balaban J connectivity index is 1.67. The molecule has 2 aromatic rings. The largest absolute Gasteiger partial charge is 0.361 e. The van der Waals surface area contributed by atoms with Crippen molar-refractivity contribution in [2.75, 3.05) is 26.7 Å². The van der Waals surface area contributed by atoms with Crippen LogP contribution in [-0.2, 0) is 22.2 Å². The van der Waals surface area contributed by atoms with Crippen LogP contribution >= 0.6 is 0 Å². The Morgan fingerprint density at radius 3 is 2.96 bits per heavy atom. The van der Waals surface area contributed by atoms with Crippen LogP contribution in [0.15, 0.2) is 24.4 Å². The van der Waals surface area contributed by atoms with Gasteiger partial charge in [-0.25, -0.2) is 13.1 Å². The molecule has 132 valence electrons. The van der Waals surface area contributed by atoms with Gasteiger partial charge in [0.25, 0.3) is 0 Å². The van der Waals surface area contributed by atoms with Crippen LogP contribution in [0.25, 0.3) is 10.9 Å². The molecular weight excluding hydrogens is 324 g/mol. The van der Waals surface area contributed by atoms with Crippen LogP contribution in [0.1, 0.15) is 24.0 Å². The average molecular weight is 350 g/mol. The quantitative estimate of drug-likeness (QED) is 0.699. The first-order valence-corrected chi connectivity index (χ1v) is 10.1. The molecule has 1 aromatic heterocycles. The number of nitrogens with one attached hydrogen (secondary N) is 2. The molecule has 1 saturated heterocycles. The Hall–Kier alpha value is -1.41. The van der Waals surface area contributed by atoms with E-state index in [1.54, 1.807) is 0 Å². The van der Waals surface area contributed by atoms with Crippen LogP contribution in [0.3, 0.4) is 0 Å². The molecule has 2 heterocycles. The second-order valence-electron chi connectivity index (χ2n) is 6.61.